The van der Waals surface area contributed by atoms with E-state index in [1.54, 1.807) is 7.11 Å². The number of ether oxygens (including phenoxy) is 2. The zero-order valence-electron chi connectivity index (χ0n) is 12.3. The number of hydrogen-bond acceptors (Lipinski definition) is 3. The number of nitrogens with two attached hydrogens (primary N) is 1. The van der Waals surface area contributed by atoms with Gasteiger partial charge in [0.15, 0.2) is 11.5 Å². The maximum absolute atomic E-state index is 5.97. The van der Waals surface area contributed by atoms with E-state index >= 15 is 0 Å². The molecule has 2 aromatic carbocycles. The molecule has 1 atom stereocenters. The van der Waals surface area contributed by atoms with Gasteiger partial charge in [-0.15, -0.1) is 0 Å². The highest BCUT2D eigenvalue weighted by Gasteiger charge is 2.08. The average molecular weight is 306 g/mol. The van der Waals surface area contributed by atoms with Gasteiger partial charge in [-0.2, -0.15) is 0 Å². The molecule has 112 valence electrons. The summed E-state index contributed by atoms with van der Waals surface area (Å²) in [5, 5.41) is 0.703. The second-order valence-electron chi connectivity index (χ2n) is 5.09. The van der Waals surface area contributed by atoms with Crippen molar-refractivity contribution in [1.29, 1.82) is 0 Å². The topological polar surface area (TPSA) is 44.5 Å². The van der Waals surface area contributed by atoms with Crippen LogP contribution in [0.4, 0.5) is 0 Å². The lowest BCUT2D eigenvalue weighted by molar-refractivity contribution is 0.284. The Morgan fingerprint density at radius 1 is 1.10 bits per heavy atom. The highest BCUT2D eigenvalue weighted by atomic mass is 35.5. The molecule has 0 aliphatic heterocycles. The van der Waals surface area contributed by atoms with Crippen LogP contribution >= 0.6 is 11.6 Å². The molecule has 0 saturated carbocycles. The highest BCUT2D eigenvalue weighted by molar-refractivity contribution is 6.30. The predicted molar refractivity (Wildman–Crippen MR) is 86.1 cm³/mol. The van der Waals surface area contributed by atoms with Gasteiger partial charge >= 0.3 is 0 Å². The second kappa shape index (κ2) is 7.34. The summed E-state index contributed by atoms with van der Waals surface area (Å²) in [6.07, 6.45) is 0.803. The van der Waals surface area contributed by atoms with Gasteiger partial charge in [-0.25, -0.2) is 0 Å². The van der Waals surface area contributed by atoms with Crippen molar-refractivity contribution in [3.8, 4) is 11.5 Å². The van der Waals surface area contributed by atoms with Crippen molar-refractivity contribution < 1.29 is 9.47 Å². The van der Waals surface area contributed by atoms with Crippen LogP contribution in [0.5, 0.6) is 11.5 Å². The fourth-order valence-corrected chi connectivity index (χ4v) is 2.33. The largest absolute Gasteiger partial charge is 0.493 e. The van der Waals surface area contributed by atoms with Crippen molar-refractivity contribution in [1.82, 2.24) is 0 Å². The van der Waals surface area contributed by atoms with Gasteiger partial charge < -0.3 is 15.2 Å². The maximum atomic E-state index is 5.97. The van der Waals surface area contributed by atoms with Crippen molar-refractivity contribution in [3.63, 3.8) is 0 Å². The van der Waals surface area contributed by atoms with Crippen LogP contribution in [0.3, 0.4) is 0 Å². The summed E-state index contributed by atoms with van der Waals surface area (Å²) in [7, 11) is 1.63. The molecule has 0 radical (unpaired) electrons. The Morgan fingerprint density at radius 3 is 2.57 bits per heavy atom. The van der Waals surface area contributed by atoms with Gasteiger partial charge in [0.25, 0.3) is 0 Å². The zero-order valence-corrected chi connectivity index (χ0v) is 13.1. The third kappa shape index (κ3) is 4.66. The fourth-order valence-electron chi connectivity index (χ4n) is 2.12. The van der Waals surface area contributed by atoms with Crippen LogP contribution in [0.2, 0.25) is 5.02 Å². The number of halogens is 1. The quantitative estimate of drug-likeness (QED) is 0.882. The van der Waals surface area contributed by atoms with E-state index < -0.39 is 0 Å². The summed E-state index contributed by atoms with van der Waals surface area (Å²) < 4.78 is 11.2. The number of hydrogen-bond donors (Lipinski definition) is 1. The average Bonchev–Trinajstić information content (AvgIpc) is 2.45. The van der Waals surface area contributed by atoms with E-state index in [0.29, 0.717) is 17.4 Å². The van der Waals surface area contributed by atoms with Gasteiger partial charge in [-0.1, -0.05) is 29.8 Å². The molecule has 21 heavy (non-hydrogen) atoms. The van der Waals surface area contributed by atoms with Gasteiger partial charge in [0.1, 0.15) is 6.61 Å². The molecule has 0 aliphatic carbocycles. The van der Waals surface area contributed by atoms with E-state index in [1.165, 1.54) is 0 Å². The molecule has 0 saturated heterocycles. The monoisotopic (exact) mass is 305 g/mol. The van der Waals surface area contributed by atoms with Crippen molar-refractivity contribution in [3.05, 3.63) is 58.6 Å². The van der Waals surface area contributed by atoms with E-state index in [0.717, 1.165) is 23.3 Å². The lowest BCUT2D eigenvalue weighted by atomic mass is 10.1. The third-order valence-electron chi connectivity index (χ3n) is 3.07. The van der Waals surface area contributed by atoms with Gasteiger partial charge in [0.05, 0.1) is 7.11 Å². The maximum Gasteiger partial charge on any atom is 0.161 e. The van der Waals surface area contributed by atoms with E-state index in [1.807, 2.05) is 49.4 Å². The molecule has 2 rings (SSSR count). The Bertz CT molecular complexity index is 599. The Morgan fingerprint density at radius 2 is 1.90 bits per heavy atom. The summed E-state index contributed by atoms with van der Waals surface area (Å²) >= 11 is 5.97. The smallest absolute Gasteiger partial charge is 0.161 e. The summed E-state index contributed by atoms with van der Waals surface area (Å²) in [6.45, 7) is 2.43. The van der Waals surface area contributed by atoms with Crippen LogP contribution in [-0.2, 0) is 13.0 Å². The molecular weight excluding hydrogens is 286 g/mol. The minimum Gasteiger partial charge on any atom is -0.493 e. The first-order valence-electron chi connectivity index (χ1n) is 6.88. The summed E-state index contributed by atoms with van der Waals surface area (Å²) in [6, 6.07) is 13.6. The molecule has 0 heterocycles. The third-order valence-corrected chi connectivity index (χ3v) is 3.30. The SMILES string of the molecule is COc1ccc(CC(C)N)cc1OCc1cccc(Cl)c1. The normalized spacial score (nSPS) is 12.0. The molecule has 0 spiro atoms. The van der Waals surface area contributed by atoms with Crippen molar-refractivity contribution in [2.75, 3.05) is 7.11 Å². The molecular formula is C17H20ClNO2. The lowest BCUT2D eigenvalue weighted by Crippen LogP contribution is -2.17. The standard InChI is InChI=1S/C17H20ClNO2/c1-12(19)8-13-6-7-16(20-2)17(10-13)21-11-14-4-3-5-15(18)9-14/h3-7,9-10,12H,8,11,19H2,1-2H3. The summed E-state index contributed by atoms with van der Waals surface area (Å²) in [5.74, 6) is 1.43. The van der Waals surface area contributed by atoms with E-state index in [2.05, 4.69) is 0 Å². The molecule has 2 N–H and O–H groups in total. The summed E-state index contributed by atoms with van der Waals surface area (Å²) in [4.78, 5) is 0. The van der Waals surface area contributed by atoms with Gasteiger partial charge in [0.2, 0.25) is 0 Å². The predicted octanol–water partition coefficient (Wildman–Crippen LogP) is 3.82. The van der Waals surface area contributed by atoms with Crippen LogP contribution in [0, 0.1) is 0 Å². The van der Waals surface area contributed by atoms with Crippen molar-refractivity contribution in [2.24, 2.45) is 5.73 Å². The van der Waals surface area contributed by atoms with Gasteiger partial charge in [-0.3, -0.25) is 0 Å². The number of rotatable bonds is 6. The fraction of sp³-hybridized carbons (Fsp3) is 0.294. The molecule has 0 aromatic heterocycles. The van der Waals surface area contributed by atoms with E-state index in [4.69, 9.17) is 26.8 Å². The van der Waals surface area contributed by atoms with Crippen LogP contribution in [0.25, 0.3) is 0 Å². The van der Waals surface area contributed by atoms with Crippen molar-refractivity contribution >= 4 is 11.6 Å². The Hall–Kier alpha value is -1.71. The molecule has 0 fully saturated rings. The summed E-state index contributed by atoms with van der Waals surface area (Å²) in [5.41, 5.74) is 7.99. The molecule has 0 bridgehead atoms. The first-order chi connectivity index (χ1) is 10.1. The molecule has 4 heteroatoms. The first-order valence-corrected chi connectivity index (χ1v) is 7.26. The first kappa shape index (κ1) is 15.7. The van der Waals surface area contributed by atoms with Gasteiger partial charge in [-0.05, 0) is 48.7 Å². The molecule has 2 aromatic rings. The van der Waals surface area contributed by atoms with E-state index in [-0.39, 0.29) is 6.04 Å². The molecule has 3 nitrogen and oxygen atoms in total. The van der Waals surface area contributed by atoms with Crippen LogP contribution < -0.4 is 15.2 Å². The minimum absolute atomic E-state index is 0.110. The zero-order chi connectivity index (χ0) is 15.2. The number of benzene rings is 2. The Labute approximate surface area is 130 Å². The van der Waals surface area contributed by atoms with Crippen LogP contribution in [0.15, 0.2) is 42.5 Å². The van der Waals surface area contributed by atoms with Crippen molar-refractivity contribution in [2.45, 2.75) is 26.0 Å². The molecule has 0 amide bonds. The number of methoxy groups -OCH3 is 1. The van der Waals surface area contributed by atoms with Crippen LogP contribution in [0.1, 0.15) is 18.1 Å². The van der Waals surface area contributed by atoms with E-state index in [9.17, 15) is 0 Å². The molecule has 0 aliphatic rings. The Balaban J connectivity index is 2.13. The highest BCUT2D eigenvalue weighted by Crippen LogP contribution is 2.29. The van der Waals surface area contributed by atoms with Gasteiger partial charge in [0, 0.05) is 11.1 Å². The molecule has 1 unspecified atom stereocenters. The Kier molecular flexibility index (Phi) is 5.48. The minimum atomic E-state index is 0.110. The van der Waals surface area contributed by atoms with Crippen LogP contribution in [-0.4, -0.2) is 13.2 Å². The lowest BCUT2D eigenvalue weighted by Gasteiger charge is -2.13. The second-order valence-corrected chi connectivity index (χ2v) is 5.52.